The molecule has 0 saturated carbocycles. The van der Waals surface area contributed by atoms with E-state index in [1.807, 2.05) is 0 Å². The third-order valence-electron chi connectivity index (χ3n) is 1.53. The van der Waals surface area contributed by atoms with E-state index in [-0.39, 0.29) is 13.1 Å². The third kappa shape index (κ3) is 3.34. The molecule has 4 heteroatoms. The lowest BCUT2D eigenvalue weighted by Gasteiger charge is -2.21. The van der Waals surface area contributed by atoms with Gasteiger partial charge in [0.05, 0.1) is 0 Å². The molecule has 0 aromatic rings. The van der Waals surface area contributed by atoms with Gasteiger partial charge >= 0.3 is 0 Å². The first kappa shape index (κ1) is 8.49. The van der Waals surface area contributed by atoms with Crippen molar-refractivity contribution < 1.29 is 19.0 Å². The van der Waals surface area contributed by atoms with Crippen LogP contribution in [-0.2, 0) is 19.0 Å². The lowest BCUT2D eigenvalue weighted by Crippen LogP contribution is -2.23. The Bertz CT molecular complexity index is 109. The van der Waals surface area contributed by atoms with E-state index >= 15 is 0 Å². The SMILES string of the molecule is O=COCOC1CCCCO1. The first-order valence-electron chi connectivity index (χ1n) is 3.72. The minimum atomic E-state index is -0.177. The fourth-order valence-corrected chi connectivity index (χ4v) is 0.986. The molecule has 1 heterocycles. The summed E-state index contributed by atoms with van der Waals surface area (Å²) in [6, 6.07) is 0. The van der Waals surface area contributed by atoms with Crippen molar-refractivity contribution in [3.05, 3.63) is 0 Å². The lowest BCUT2D eigenvalue weighted by molar-refractivity contribution is -0.204. The van der Waals surface area contributed by atoms with Gasteiger partial charge in [0.15, 0.2) is 13.1 Å². The third-order valence-corrected chi connectivity index (χ3v) is 1.53. The van der Waals surface area contributed by atoms with E-state index in [4.69, 9.17) is 9.47 Å². The van der Waals surface area contributed by atoms with E-state index in [0.717, 1.165) is 25.9 Å². The normalized spacial score (nSPS) is 24.5. The van der Waals surface area contributed by atoms with Crippen LogP contribution in [0.2, 0.25) is 0 Å². The van der Waals surface area contributed by atoms with Gasteiger partial charge in [-0.05, 0) is 19.3 Å². The van der Waals surface area contributed by atoms with Gasteiger partial charge in [0, 0.05) is 6.61 Å². The minimum Gasteiger partial charge on any atom is -0.441 e. The van der Waals surface area contributed by atoms with Gasteiger partial charge in [-0.3, -0.25) is 4.79 Å². The topological polar surface area (TPSA) is 44.8 Å². The highest BCUT2D eigenvalue weighted by Gasteiger charge is 2.13. The molecule has 0 aromatic heterocycles. The second-order valence-electron chi connectivity index (χ2n) is 2.34. The molecule has 0 radical (unpaired) electrons. The fraction of sp³-hybridized carbons (Fsp3) is 0.857. The Kier molecular flexibility index (Phi) is 3.93. The van der Waals surface area contributed by atoms with Crippen LogP contribution in [0.15, 0.2) is 0 Å². The van der Waals surface area contributed by atoms with Gasteiger partial charge in [-0.2, -0.15) is 0 Å². The van der Waals surface area contributed by atoms with Crippen molar-refractivity contribution in [2.75, 3.05) is 13.4 Å². The number of carbonyl (C=O) groups is 1. The molecule has 0 amide bonds. The van der Waals surface area contributed by atoms with E-state index in [9.17, 15) is 4.79 Å². The van der Waals surface area contributed by atoms with E-state index in [1.54, 1.807) is 0 Å². The zero-order chi connectivity index (χ0) is 7.94. The molecule has 11 heavy (non-hydrogen) atoms. The molecule has 1 saturated heterocycles. The molecule has 0 aliphatic carbocycles. The smallest absolute Gasteiger partial charge is 0.295 e. The number of ether oxygens (including phenoxy) is 3. The van der Waals surface area contributed by atoms with Crippen molar-refractivity contribution in [3.63, 3.8) is 0 Å². The zero-order valence-electron chi connectivity index (χ0n) is 6.32. The van der Waals surface area contributed by atoms with E-state index in [2.05, 4.69) is 4.74 Å². The van der Waals surface area contributed by atoms with Crippen molar-refractivity contribution in [2.24, 2.45) is 0 Å². The Morgan fingerprint density at radius 1 is 1.55 bits per heavy atom. The summed E-state index contributed by atoms with van der Waals surface area (Å²) in [7, 11) is 0. The van der Waals surface area contributed by atoms with Crippen LogP contribution in [0.5, 0.6) is 0 Å². The van der Waals surface area contributed by atoms with E-state index in [1.165, 1.54) is 0 Å². The molecule has 1 rings (SSSR count). The number of carbonyl (C=O) groups excluding carboxylic acids is 1. The molecular weight excluding hydrogens is 148 g/mol. The molecule has 1 aliphatic heterocycles. The van der Waals surface area contributed by atoms with Gasteiger partial charge in [0.1, 0.15) is 0 Å². The van der Waals surface area contributed by atoms with Crippen LogP contribution in [0, 0.1) is 0 Å². The van der Waals surface area contributed by atoms with E-state index < -0.39 is 0 Å². The molecule has 1 aliphatic rings. The second kappa shape index (κ2) is 5.09. The minimum absolute atomic E-state index is 0.00579. The molecule has 1 fully saturated rings. The summed E-state index contributed by atoms with van der Waals surface area (Å²) < 4.78 is 14.6. The Labute approximate surface area is 65.4 Å². The highest BCUT2D eigenvalue weighted by molar-refractivity contribution is 5.36. The number of hydrogen-bond acceptors (Lipinski definition) is 4. The van der Waals surface area contributed by atoms with Crippen molar-refractivity contribution >= 4 is 6.47 Å². The average Bonchev–Trinajstić information content (AvgIpc) is 2.07. The summed E-state index contributed by atoms with van der Waals surface area (Å²) >= 11 is 0. The Morgan fingerprint density at radius 3 is 3.09 bits per heavy atom. The second-order valence-corrected chi connectivity index (χ2v) is 2.34. The van der Waals surface area contributed by atoms with Crippen molar-refractivity contribution in [1.82, 2.24) is 0 Å². The van der Waals surface area contributed by atoms with Crippen molar-refractivity contribution in [2.45, 2.75) is 25.6 Å². The van der Waals surface area contributed by atoms with E-state index in [0.29, 0.717) is 6.47 Å². The maximum Gasteiger partial charge on any atom is 0.295 e. The van der Waals surface area contributed by atoms with Crippen LogP contribution < -0.4 is 0 Å². The fourth-order valence-electron chi connectivity index (χ4n) is 0.986. The molecule has 1 unspecified atom stereocenters. The maximum atomic E-state index is 9.70. The van der Waals surface area contributed by atoms with Gasteiger partial charge in [-0.15, -0.1) is 0 Å². The number of hydrogen-bond donors (Lipinski definition) is 0. The number of rotatable bonds is 4. The largest absolute Gasteiger partial charge is 0.441 e. The van der Waals surface area contributed by atoms with Crippen LogP contribution >= 0.6 is 0 Å². The standard InChI is InChI=1S/C7H12O4/c8-5-9-6-11-7-3-1-2-4-10-7/h5,7H,1-4,6H2. The van der Waals surface area contributed by atoms with Gasteiger partial charge < -0.3 is 14.2 Å². The Hall–Kier alpha value is -0.610. The molecular formula is C7H12O4. The summed E-state index contributed by atoms with van der Waals surface area (Å²) in [4.78, 5) is 9.70. The Balaban J connectivity index is 2.00. The van der Waals surface area contributed by atoms with Crippen molar-refractivity contribution in [1.29, 1.82) is 0 Å². The maximum absolute atomic E-state index is 9.70. The molecule has 0 N–H and O–H groups in total. The first-order chi connectivity index (χ1) is 5.43. The van der Waals surface area contributed by atoms with Crippen LogP contribution in [0.25, 0.3) is 0 Å². The van der Waals surface area contributed by atoms with Gasteiger partial charge in [0.25, 0.3) is 6.47 Å². The molecule has 1 atom stereocenters. The van der Waals surface area contributed by atoms with Crippen LogP contribution in [0.1, 0.15) is 19.3 Å². The average molecular weight is 160 g/mol. The summed E-state index contributed by atoms with van der Waals surface area (Å²) in [5.74, 6) is 0. The van der Waals surface area contributed by atoms with Crippen molar-refractivity contribution in [3.8, 4) is 0 Å². The first-order valence-corrected chi connectivity index (χ1v) is 3.72. The zero-order valence-corrected chi connectivity index (χ0v) is 6.32. The monoisotopic (exact) mass is 160 g/mol. The van der Waals surface area contributed by atoms with Gasteiger partial charge in [-0.25, -0.2) is 0 Å². The summed E-state index contributed by atoms with van der Waals surface area (Å²) in [5.41, 5.74) is 0. The predicted molar refractivity (Wildman–Crippen MR) is 36.7 cm³/mol. The quantitative estimate of drug-likeness (QED) is 0.344. The molecule has 64 valence electrons. The molecule has 0 aromatic carbocycles. The lowest BCUT2D eigenvalue weighted by atomic mass is 10.2. The summed E-state index contributed by atoms with van der Waals surface area (Å²) in [6.07, 6.45) is 2.92. The van der Waals surface area contributed by atoms with Crippen LogP contribution in [0.3, 0.4) is 0 Å². The van der Waals surface area contributed by atoms with Crippen LogP contribution in [0.4, 0.5) is 0 Å². The van der Waals surface area contributed by atoms with Gasteiger partial charge in [-0.1, -0.05) is 0 Å². The molecule has 4 nitrogen and oxygen atoms in total. The highest BCUT2D eigenvalue weighted by atomic mass is 16.8. The molecule has 0 spiro atoms. The summed E-state index contributed by atoms with van der Waals surface area (Å²) in [5, 5.41) is 0. The van der Waals surface area contributed by atoms with Gasteiger partial charge in [0.2, 0.25) is 0 Å². The Morgan fingerprint density at radius 2 is 2.45 bits per heavy atom. The predicted octanol–water partition coefficient (Wildman–Crippen LogP) is 0.660. The van der Waals surface area contributed by atoms with Crippen LogP contribution in [-0.4, -0.2) is 26.2 Å². The molecule has 0 bridgehead atoms. The highest BCUT2D eigenvalue weighted by Crippen LogP contribution is 2.13. The summed E-state index contributed by atoms with van der Waals surface area (Å²) in [6.45, 7) is 1.10.